The molecule has 0 aliphatic rings. The molecule has 0 saturated carbocycles. The number of rotatable bonds is 3. The highest BCUT2D eigenvalue weighted by molar-refractivity contribution is 9.10. The molecule has 0 aliphatic heterocycles. The summed E-state index contributed by atoms with van der Waals surface area (Å²) in [6.45, 7) is 0. The van der Waals surface area contributed by atoms with Crippen LogP contribution in [0.5, 0.6) is 11.5 Å². The third-order valence-electron chi connectivity index (χ3n) is 2.65. The first-order valence-electron chi connectivity index (χ1n) is 5.70. The Morgan fingerprint density at radius 3 is 2.38 bits per heavy atom. The Kier molecular flexibility index (Phi) is 4.22. The molecule has 3 nitrogen and oxygen atoms in total. The van der Waals surface area contributed by atoms with E-state index in [2.05, 4.69) is 15.9 Å². The zero-order chi connectivity index (χ0) is 15.6. The maximum absolute atomic E-state index is 12.7. The molecule has 2 aromatic rings. The second-order valence-corrected chi connectivity index (χ2v) is 5.01. The number of carbonyl (C=O) groups excluding carboxylic acids is 1. The van der Waals surface area contributed by atoms with Crippen LogP contribution in [0.25, 0.3) is 0 Å². The number of hydrogen-bond acceptors (Lipinski definition) is 3. The van der Waals surface area contributed by atoms with Crippen molar-refractivity contribution in [3.63, 3.8) is 0 Å². The number of nitrogen functional groups attached to an aromatic ring is 1. The van der Waals surface area contributed by atoms with Crippen LogP contribution in [0, 0.1) is 0 Å². The van der Waals surface area contributed by atoms with Crippen LogP contribution in [-0.2, 0) is 6.18 Å². The van der Waals surface area contributed by atoms with E-state index in [1.54, 1.807) is 0 Å². The first-order chi connectivity index (χ1) is 9.81. The summed E-state index contributed by atoms with van der Waals surface area (Å²) >= 11 is 3.12. The molecule has 2 rings (SSSR count). The van der Waals surface area contributed by atoms with Gasteiger partial charge in [-0.05, 0) is 52.3 Å². The number of anilines is 1. The summed E-state index contributed by atoms with van der Waals surface area (Å²) in [5.41, 5.74) is 5.37. The van der Waals surface area contributed by atoms with Gasteiger partial charge in [0.1, 0.15) is 17.8 Å². The number of aldehydes is 1. The Labute approximate surface area is 126 Å². The lowest BCUT2D eigenvalue weighted by Gasteiger charge is -2.13. The third-order valence-corrected chi connectivity index (χ3v) is 3.30. The minimum Gasteiger partial charge on any atom is -0.454 e. The van der Waals surface area contributed by atoms with Gasteiger partial charge in [-0.15, -0.1) is 0 Å². The molecule has 7 heteroatoms. The highest BCUT2D eigenvalue weighted by atomic mass is 79.9. The minimum atomic E-state index is -4.47. The average Bonchev–Trinajstić information content (AvgIpc) is 2.42. The molecule has 0 radical (unpaired) electrons. The van der Waals surface area contributed by atoms with Crippen molar-refractivity contribution in [2.75, 3.05) is 5.73 Å². The van der Waals surface area contributed by atoms with Crippen molar-refractivity contribution in [3.8, 4) is 11.5 Å². The largest absolute Gasteiger partial charge is 0.454 e. The number of halogens is 4. The molecule has 0 aromatic heterocycles. The average molecular weight is 360 g/mol. The number of alkyl halides is 3. The van der Waals surface area contributed by atoms with E-state index in [4.69, 9.17) is 10.5 Å². The number of benzene rings is 2. The molecule has 110 valence electrons. The maximum Gasteiger partial charge on any atom is 0.416 e. The Balaban J connectivity index is 2.37. The normalized spacial score (nSPS) is 11.2. The minimum absolute atomic E-state index is 0.0182. The summed E-state index contributed by atoms with van der Waals surface area (Å²) in [6.07, 6.45) is -3.86. The summed E-state index contributed by atoms with van der Waals surface area (Å²) in [7, 11) is 0. The second-order valence-electron chi connectivity index (χ2n) is 4.16. The Hall–Kier alpha value is -2.02. The van der Waals surface area contributed by atoms with Crippen LogP contribution in [0.3, 0.4) is 0 Å². The SMILES string of the molecule is Nc1cc(C=O)ccc1Oc1cc(C(F)(F)F)ccc1Br. The Morgan fingerprint density at radius 1 is 1.10 bits per heavy atom. The van der Waals surface area contributed by atoms with Gasteiger partial charge in [0, 0.05) is 5.56 Å². The molecule has 2 aromatic carbocycles. The molecule has 0 aliphatic carbocycles. The lowest BCUT2D eigenvalue weighted by Crippen LogP contribution is -2.05. The van der Waals surface area contributed by atoms with Gasteiger partial charge in [0.05, 0.1) is 15.7 Å². The Morgan fingerprint density at radius 2 is 1.81 bits per heavy atom. The number of carbonyl (C=O) groups is 1. The predicted octanol–water partition coefficient (Wildman–Crippen LogP) is 4.65. The van der Waals surface area contributed by atoms with Crippen LogP contribution >= 0.6 is 15.9 Å². The van der Waals surface area contributed by atoms with Gasteiger partial charge in [-0.2, -0.15) is 13.2 Å². The number of ether oxygens (including phenoxy) is 1. The monoisotopic (exact) mass is 359 g/mol. The predicted molar refractivity (Wildman–Crippen MR) is 75.5 cm³/mol. The van der Waals surface area contributed by atoms with E-state index in [-0.39, 0.29) is 17.2 Å². The van der Waals surface area contributed by atoms with Crippen molar-refractivity contribution in [3.05, 3.63) is 52.0 Å². The van der Waals surface area contributed by atoms with E-state index in [0.29, 0.717) is 16.3 Å². The molecule has 0 amide bonds. The van der Waals surface area contributed by atoms with Crippen molar-refractivity contribution in [2.45, 2.75) is 6.18 Å². The van der Waals surface area contributed by atoms with Crippen LogP contribution < -0.4 is 10.5 Å². The lowest BCUT2D eigenvalue weighted by molar-refractivity contribution is -0.137. The zero-order valence-electron chi connectivity index (χ0n) is 10.4. The topological polar surface area (TPSA) is 52.3 Å². The summed E-state index contributed by atoms with van der Waals surface area (Å²) in [5.74, 6) is 0.149. The highest BCUT2D eigenvalue weighted by Gasteiger charge is 2.31. The van der Waals surface area contributed by atoms with E-state index < -0.39 is 11.7 Å². The van der Waals surface area contributed by atoms with Gasteiger partial charge in [-0.1, -0.05) is 0 Å². The van der Waals surface area contributed by atoms with Crippen LogP contribution in [0.1, 0.15) is 15.9 Å². The summed E-state index contributed by atoms with van der Waals surface area (Å²) in [6, 6.07) is 7.32. The fourth-order valence-electron chi connectivity index (χ4n) is 1.61. The van der Waals surface area contributed by atoms with Gasteiger partial charge in [-0.3, -0.25) is 4.79 Å². The van der Waals surface area contributed by atoms with E-state index >= 15 is 0 Å². The summed E-state index contributed by atoms with van der Waals surface area (Å²) < 4.78 is 43.8. The van der Waals surface area contributed by atoms with Crippen LogP contribution in [0.15, 0.2) is 40.9 Å². The van der Waals surface area contributed by atoms with Crippen molar-refractivity contribution in [1.82, 2.24) is 0 Å². The smallest absolute Gasteiger partial charge is 0.416 e. The molecule has 0 fully saturated rings. The number of nitrogens with two attached hydrogens (primary N) is 1. The maximum atomic E-state index is 12.7. The van der Waals surface area contributed by atoms with Gasteiger partial charge in [0.25, 0.3) is 0 Å². The highest BCUT2D eigenvalue weighted by Crippen LogP contribution is 2.38. The van der Waals surface area contributed by atoms with E-state index in [9.17, 15) is 18.0 Å². The van der Waals surface area contributed by atoms with E-state index in [1.807, 2.05) is 0 Å². The summed E-state index contributed by atoms with van der Waals surface area (Å²) in [5, 5.41) is 0. The van der Waals surface area contributed by atoms with Crippen molar-refractivity contribution < 1.29 is 22.7 Å². The van der Waals surface area contributed by atoms with Crippen LogP contribution in [0.2, 0.25) is 0 Å². The van der Waals surface area contributed by atoms with Gasteiger partial charge in [0.2, 0.25) is 0 Å². The van der Waals surface area contributed by atoms with Gasteiger partial charge < -0.3 is 10.5 Å². The second kappa shape index (κ2) is 5.77. The zero-order valence-corrected chi connectivity index (χ0v) is 12.0. The lowest BCUT2D eigenvalue weighted by atomic mass is 10.2. The standard InChI is InChI=1S/C14H9BrF3NO2/c15-10-3-2-9(14(16,17)18)6-13(10)21-12-4-1-8(7-20)5-11(12)19/h1-7H,19H2. The molecule has 2 N–H and O–H groups in total. The van der Waals surface area contributed by atoms with Crippen LogP contribution in [0.4, 0.5) is 18.9 Å². The summed E-state index contributed by atoms with van der Waals surface area (Å²) in [4.78, 5) is 10.6. The van der Waals surface area contributed by atoms with Gasteiger partial charge >= 0.3 is 6.18 Å². The molecule has 0 saturated heterocycles. The molecule has 21 heavy (non-hydrogen) atoms. The third kappa shape index (κ3) is 3.55. The fourth-order valence-corrected chi connectivity index (χ4v) is 1.94. The van der Waals surface area contributed by atoms with E-state index in [0.717, 1.165) is 12.1 Å². The van der Waals surface area contributed by atoms with Crippen molar-refractivity contribution in [1.29, 1.82) is 0 Å². The molecule has 0 heterocycles. The van der Waals surface area contributed by atoms with Crippen LogP contribution in [-0.4, -0.2) is 6.29 Å². The van der Waals surface area contributed by atoms with Crippen molar-refractivity contribution >= 4 is 27.9 Å². The Bertz CT molecular complexity index is 686. The first-order valence-corrected chi connectivity index (χ1v) is 6.50. The van der Waals surface area contributed by atoms with E-state index in [1.165, 1.54) is 24.3 Å². The quantitative estimate of drug-likeness (QED) is 0.640. The molecular weight excluding hydrogens is 351 g/mol. The fraction of sp³-hybridized carbons (Fsp3) is 0.0714. The van der Waals surface area contributed by atoms with Gasteiger partial charge in [0.15, 0.2) is 0 Å². The molecule has 0 bridgehead atoms. The van der Waals surface area contributed by atoms with Gasteiger partial charge in [-0.25, -0.2) is 0 Å². The molecule has 0 unspecified atom stereocenters. The number of hydrogen-bond donors (Lipinski definition) is 1. The molecule has 0 spiro atoms. The molecule has 0 atom stereocenters. The molecular formula is C14H9BrF3NO2. The van der Waals surface area contributed by atoms with Crippen molar-refractivity contribution in [2.24, 2.45) is 0 Å². The first kappa shape index (κ1) is 15.4.